The number of carbonyl (C=O) groups excluding carboxylic acids is 1. The lowest BCUT2D eigenvalue weighted by atomic mass is 9.88. The first-order chi connectivity index (χ1) is 12.5. The number of carboxylic acid groups (broad SMARTS) is 1. The first-order valence-corrected chi connectivity index (χ1v) is 10.1. The minimum atomic E-state index is -0.873. The number of piperidine rings is 1. The number of aryl methyl sites for hydroxylation is 1. The van der Waals surface area contributed by atoms with Gasteiger partial charge in [0, 0.05) is 24.4 Å². The van der Waals surface area contributed by atoms with Crippen LogP contribution in [0.3, 0.4) is 0 Å². The Bertz CT molecular complexity index is 781. The maximum atomic E-state index is 12.4. The molecule has 2 aromatic rings. The van der Waals surface area contributed by atoms with Crippen molar-refractivity contribution < 1.29 is 14.7 Å². The molecule has 0 unspecified atom stereocenters. The summed E-state index contributed by atoms with van der Waals surface area (Å²) in [7, 11) is 0. The maximum Gasteiger partial charge on any atom is 0.335 e. The molecule has 6 heteroatoms. The number of benzene rings is 1. The van der Waals surface area contributed by atoms with E-state index < -0.39 is 5.97 Å². The number of thiophene rings is 1. The highest BCUT2D eigenvalue weighted by atomic mass is 35.5. The Balaban J connectivity index is 1.48. The fourth-order valence-electron chi connectivity index (χ4n) is 3.48. The van der Waals surface area contributed by atoms with Crippen molar-refractivity contribution in [2.75, 3.05) is 13.1 Å². The van der Waals surface area contributed by atoms with Gasteiger partial charge >= 0.3 is 5.97 Å². The number of nitrogens with zero attached hydrogens (tertiary/aromatic N) is 1. The van der Waals surface area contributed by atoms with Crippen LogP contribution in [-0.4, -0.2) is 35.0 Å². The van der Waals surface area contributed by atoms with Crippen LogP contribution < -0.4 is 0 Å². The Labute approximate surface area is 162 Å². The molecule has 3 rings (SSSR count). The number of likely N-dealkylation sites (tertiary alicyclic amines) is 1. The molecule has 0 bridgehead atoms. The molecule has 0 saturated carbocycles. The van der Waals surface area contributed by atoms with Crippen molar-refractivity contribution in [1.82, 2.24) is 4.90 Å². The third kappa shape index (κ3) is 4.86. The molecule has 1 N–H and O–H groups in total. The fraction of sp³-hybridized carbons (Fsp3) is 0.400. The van der Waals surface area contributed by atoms with E-state index in [1.165, 1.54) is 11.3 Å². The van der Waals surface area contributed by atoms with E-state index in [0.717, 1.165) is 53.5 Å². The fourth-order valence-corrected chi connectivity index (χ4v) is 4.57. The van der Waals surface area contributed by atoms with E-state index in [-0.39, 0.29) is 5.91 Å². The number of hydrogen-bond acceptors (Lipinski definition) is 3. The van der Waals surface area contributed by atoms with Crippen molar-refractivity contribution in [1.29, 1.82) is 0 Å². The van der Waals surface area contributed by atoms with E-state index in [1.54, 1.807) is 12.1 Å². The van der Waals surface area contributed by atoms with Crippen LogP contribution in [0.2, 0.25) is 4.34 Å². The zero-order valence-corrected chi connectivity index (χ0v) is 16.1. The van der Waals surface area contributed by atoms with Gasteiger partial charge in [0.05, 0.1) is 9.90 Å². The number of carboxylic acids is 1. The van der Waals surface area contributed by atoms with Gasteiger partial charge in [-0.05, 0) is 55.4 Å². The normalized spacial score (nSPS) is 15.2. The highest BCUT2D eigenvalue weighted by Gasteiger charge is 2.24. The van der Waals surface area contributed by atoms with Crippen molar-refractivity contribution in [3.63, 3.8) is 0 Å². The quantitative estimate of drug-likeness (QED) is 0.787. The third-order valence-electron chi connectivity index (χ3n) is 4.94. The molecular formula is C20H22ClNO3S. The summed E-state index contributed by atoms with van der Waals surface area (Å²) in [5.74, 6) is -0.253. The Hall–Kier alpha value is -1.85. The lowest BCUT2D eigenvalue weighted by Gasteiger charge is -2.32. The number of halogens is 1. The molecule has 4 nitrogen and oxygen atoms in total. The summed E-state index contributed by atoms with van der Waals surface area (Å²) in [6.07, 6.45) is 3.86. The molecule has 0 atom stereocenters. The van der Waals surface area contributed by atoms with Gasteiger partial charge in [-0.3, -0.25) is 4.79 Å². The predicted molar refractivity (Wildman–Crippen MR) is 104 cm³/mol. The zero-order valence-electron chi connectivity index (χ0n) is 14.5. The van der Waals surface area contributed by atoms with Crippen LogP contribution in [0.25, 0.3) is 0 Å². The van der Waals surface area contributed by atoms with Gasteiger partial charge in [0.2, 0.25) is 5.91 Å². The van der Waals surface area contributed by atoms with E-state index in [4.69, 9.17) is 11.6 Å². The molecule has 2 heterocycles. The summed E-state index contributed by atoms with van der Waals surface area (Å²) in [6.45, 7) is 1.51. The third-order valence-corrected chi connectivity index (χ3v) is 6.23. The van der Waals surface area contributed by atoms with Gasteiger partial charge in [0.15, 0.2) is 0 Å². The smallest absolute Gasteiger partial charge is 0.335 e. The lowest BCUT2D eigenvalue weighted by Crippen LogP contribution is -2.39. The molecule has 0 radical (unpaired) electrons. The van der Waals surface area contributed by atoms with Crippen molar-refractivity contribution in [2.45, 2.75) is 32.1 Å². The summed E-state index contributed by atoms with van der Waals surface area (Å²) in [4.78, 5) is 26.8. The molecule has 26 heavy (non-hydrogen) atoms. The van der Waals surface area contributed by atoms with E-state index in [1.807, 2.05) is 29.2 Å². The van der Waals surface area contributed by atoms with Gasteiger partial charge in [-0.25, -0.2) is 4.79 Å². The van der Waals surface area contributed by atoms with Gasteiger partial charge in [-0.2, -0.15) is 0 Å². The molecule has 1 aromatic carbocycles. The molecule has 0 spiro atoms. The van der Waals surface area contributed by atoms with Gasteiger partial charge in [-0.1, -0.05) is 29.8 Å². The van der Waals surface area contributed by atoms with Gasteiger partial charge in [0.25, 0.3) is 0 Å². The van der Waals surface area contributed by atoms with Crippen molar-refractivity contribution in [3.8, 4) is 0 Å². The monoisotopic (exact) mass is 391 g/mol. The second kappa shape index (κ2) is 8.69. The van der Waals surface area contributed by atoms with Crippen LogP contribution in [0.15, 0.2) is 36.4 Å². The van der Waals surface area contributed by atoms with E-state index in [2.05, 4.69) is 0 Å². The molecule has 138 valence electrons. The Morgan fingerprint density at radius 1 is 1.15 bits per heavy atom. The number of carbonyl (C=O) groups is 2. The van der Waals surface area contributed by atoms with Crippen molar-refractivity contribution in [3.05, 3.63) is 56.7 Å². The van der Waals surface area contributed by atoms with Crippen LogP contribution in [0.1, 0.15) is 40.1 Å². The SMILES string of the molecule is O=C(O)c1ccccc1CC1CCN(C(=O)CCc2ccc(Cl)s2)CC1. The van der Waals surface area contributed by atoms with E-state index in [0.29, 0.717) is 17.9 Å². The second-order valence-corrected chi connectivity index (χ2v) is 8.50. The molecule has 1 fully saturated rings. The molecule has 1 amide bonds. The topological polar surface area (TPSA) is 57.6 Å². The molecule has 1 aliphatic heterocycles. The molecule has 0 aliphatic carbocycles. The largest absolute Gasteiger partial charge is 0.478 e. The van der Waals surface area contributed by atoms with Crippen molar-refractivity contribution >= 4 is 34.8 Å². The van der Waals surface area contributed by atoms with Crippen LogP contribution in [0, 0.1) is 5.92 Å². The van der Waals surface area contributed by atoms with Crippen LogP contribution in [-0.2, 0) is 17.6 Å². The Morgan fingerprint density at radius 3 is 2.54 bits per heavy atom. The van der Waals surface area contributed by atoms with Gasteiger partial charge in [0.1, 0.15) is 0 Å². The predicted octanol–water partition coefficient (Wildman–Crippen LogP) is 4.51. The number of aromatic carboxylic acids is 1. The molecule has 1 saturated heterocycles. The average Bonchev–Trinajstić information content (AvgIpc) is 3.06. The Kier molecular flexibility index (Phi) is 6.33. The minimum Gasteiger partial charge on any atom is -0.478 e. The number of amides is 1. The first kappa shape index (κ1) is 18.9. The number of rotatable bonds is 6. The van der Waals surface area contributed by atoms with Gasteiger partial charge in [-0.15, -0.1) is 11.3 Å². The Morgan fingerprint density at radius 2 is 1.88 bits per heavy atom. The average molecular weight is 392 g/mol. The summed E-state index contributed by atoms with van der Waals surface area (Å²) in [6, 6.07) is 11.0. The van der Waals surface area contributed by atoms with E-state index in [9.17, 15) is 14.7 Å². The summed E-state index contributed by atoms with van der Waals surface area (Å²) < 4.78 is 0.759. The summed E-state index contributed by atoms with van der Waals surface area (Å²) >= 11 is 7.45. The molecule has 1 aromatic heterocycles. The van der Waals surface area contributed by atoms with Crippen LogP contribution in [0.4, 0.5) is 0 Å². The van der Waals surface area contributed by atoms with Gasteiger partial charge < -0.3 is 10.0 Å². The van der Waals surface area contributed by atoms with Crippen LogP contribution >= 0.6 is 22.9 Å². The maximum absolute atomic E-state index is 12.4. The van der Waals surface area contributed by atoms with E-state index >= 15 is 0 Å². The summed E-state index contributed by atoms with van der Waals surface area (Å²) in [5.41, 5.74) is 1.28. The highest BCUT2D eigenvalue weighted by molar-refractivity contribution is 7.16. The zero-order chi connectivity index (χ0) is 18.5. The van der Waals surface area contributed by atoms with Crippen LogP contribution in [0.5, 0.6) is 0 Å². The summed E-state index contributed by atoms with van der Waals surface area (Å²) in [5, 5.41) is 9.30. The molecule has 1 aliphatic rings. The first-order valence-electron chi connectivity index (χ1n) is 8.86. The second-order valence-electron chi connectivity index (χ2n) is 6.70. The van der Waals surface area contributed by atoms with Crippen molar-refractivity contribution in [2.24, 2.45) is 5.92 Å². The number of hydrogen-bond donors (Lipinski definition) is 1. The molecular weight excluding hydrogens is 370 g/mol. The standard InChI is InChI=1S/C20H22ClNO3S/c21-18-7-5-16(26-18)6-8-19(23)22-11-9-14(10-12-22)13-15-3-1-2-4-17(15)20(24)25/h1-5,7,14H,6,8-13H2,(H,24,25). The highest BCUT2D eigenvalue weighted by Crippen LogP contribution is 2.25. The minimum absolute atomic E-state index is 0.193. The lowest BCUT2D eigenvalue weighted by molar-refractivity contribution is -0.132.